The smallest absolute Gasteiger partial charge is 0.0546 e. The summed E-state index contributed by atoms with van der Waals surface area (Å²) in [5.41, 5.74) is 1.15. The van der Waals surface area contributed by atoms with Crippen LogP contribution in [-0.4, -0.2) is 11.2 Å². The first-order valence-electron chi connectivity index (χ1n) is 4.72. The average Bonchev–Trinajstić information content (AvgIpc) is 2.79. The lowest BCUT2D eigenvalue weighted by molar-refractivity contribution is 0.169. The second-order valence-electron chi connectivity index (χ2n) is 3.95. The van der Waals surface area contributed by atoms with Crippen LogP contribution in [0.4, 0.5) is 0 Å². The summed E-state index contributed by atoms with van der Waals surface area (Å²) in [5.74, 6) is 0.815. The van der Waals surface area contributed by atoms with E-state index in [2.05, 4.69) is 0 Å². The van der Waals surface area contributed by atoms with Gasteiger partial charge in [0, 0.05) is 10.0 Å². The molecule has 1 aromatic carbocycles. The Bertz CT molecular complexity index is 329. The van der Waals surface area contributed by atoms with Gasteiger partial charge in [0.1, 0.15) is 0 Å². The van der Waals surface area contributed by atoms with E-state index in [4.69, 9.17) is 23.2 Å². The van der Waals surface area contributed by atoms with Crippen molar-refractivity contribution in [3.63, 3.8) is 0 Å². The molecule has 1 fully saturated rings. The van der Waals surface area contributed by atoms with E-state index in [1.807, 2.05) is 19.1 Å². The fraction of sp³-hybridized carbons (Fsp3) is 0.455. The number of halogens is 2. The van der Waals surface area contributed by atoms with Crippen LogP contribution < -0.4 is 0 Å². The van der Waals surface area contributed by atoms with Crippen molar-refractivity contribution < 1.29 is 5.11 Å². The number of rotatable bonds is 2. The maximum absolute atomic E-state index is 9.40. The van der Waals surface area contributed by atoms with Crippen LogP contribution in [-0.2, 0) is 0 Å². The molecule has 0 aliphatic heterocycles. The molecule has 0 bridgehead atoms. The summed E-state index contributed by atoms with van der Waals surface area (Å²) in [6.45, 7) is 1.83. The van der Waals surface area contributed by atoms with Crippen LogP contribution in [0.5, 0.6) is 0 Å². The standard InChI is InChI=1S/C11H12Cl2O/c1-6(14)10-5-11(10)7-2-8(12)4-9(13)3-7/h2-4,6,10-11,14H,5H2,1H3/t6-,10-,11-/m1/s1. The van der Waals surface area contributed by atoms with Crippen LogP contribution >= 0.6 is 23.2 Å². The predicted molar refractivity (Wildman–Crippen MR) is 59.0 cm³/mol. The van der Waals surface area contributed by atoms with Gasteiger partial charge < -0.3 is 5.11 Å². The predicted octanol–water partition coefficient (Wildman–Crippen LogP) is 3.48. The first kappa shape index (κ1) is 10.3. The van der Waals surface area contributed by atoms with E-state index in [1.54, 1.807) is 6.07 Å². The lowest BCUT2D eigenvalue weighted by Gasteiger charge is -2.04. The highest BCUT2D eigenvalue weighted by atomic mass is 35.5. The summed E-state index contributed by atoms with van der Waals surface area (Å²) in [7, 11) is 0. The molecule has 2 rings (SSSR count). The van der Waals surface area contributed by atoms with Gasteiger partial charge in [-0.3, -0.25) is 0 Å². The largest absolute Gasteiger partial charge is 0.393 e. The average molecular weight is 231 g/mol. The number of benzene rings is 1. The van der Waals surface area contributed by atoms with Crippen molar-refractivity contribution in [2.24, 2.45) is 5.92 Å². The minimum atomic E-state index is -0.238. The van der Waals surface area contributed by atoms with E-state index in [9.17, 15) is 5.11 Å². The second kappa shape index (κ2) is 3.73. The summed E-state index contributed by atoms with van der Waals surface area (Å²) in [6, 6.07) is 5.59. The van der Waals surface area contributed by atoms with Crippen LogP contribution in [0.15, 0.2) is 18.2 Å². The molecule has 3 atom stereocenters. The zero-order valence-corrected chi connectivity index (χ0v) is 9.39. The Balaban J connectivity index is 2.19. The summed E-state index contributed by atoms with van der Waals surface area (Å²) >= 11 is 11.8. The Morgan fingerprint density at radius 3 is 2.29 bits per heavy atom. The van der Waals surface area contributed by atoms with E-state index in [-0.39, 0.29) is 6.10 Å². The molecule has 1 nitrogen and oxygen atoms in total. The Morgan fingerprint density at radius 1 is 1.29 bits per heavy atom. The highest BCUT2D eigenvalue weighted by Gasteiger charge is 2.41. The van der Waals surface area contributed by atoms with Crippen molar-refractivity contribution in [1.29, 1.82) is 0 Å². The van der Waals surface area contributed by atoms with Crippen LogP contribution in [0.25, 0.3) is 0 Å². The van der Waals surface area contributed by atoms with Crippen LogP contribution in [0.3, 0.4) is 0 Å². The number of aliphatic hydroxyl groups excluding tert-OH is 1. The van der Waals surface area contributed by atoms with Gasteiger partial charge in [0.25, 0.3) is 0 Å². The lowest BCUT2D eigenvalue weighted by Crippen LogP contribution is -2.03. The Labute approximate surface area is 93.7 Å². The third-order valence-electron chi connectivity index (χ3n) is 2.77. The van der Waals surface area contributed by atoms with Crippen molar-refractivity contribution in [3.05, 3.63) is 33.8 Å². The molecule has 0 aromatic heterocycles. The van der Waals surface area contributed by atoms with Crippen molar-refractivity contribution in [1.82, 2.24) is 0 Å². The van der Waals surface area contributed by atoms with Crippen LogP contribution in [0.2, 0.25) is 10.0 Å². The van der Waals surface area contributed by atoms with Crippen LogP contribution in [0, 0.1) is 5.92 Å². The maximum Gasteiger partial charge on any atom is 0.0546 e. The van der Waals surface area contributed by atoms with Crippen molar-refractivity contribution >= 4 is 23.2 Å². The molecule has 14 heavy (non-hydrogen) atoms. The third kappa shape index (κ3) is 2.05. The lowest BCUT2D eigenvalue weighted by atomic mass is 10.1. The maximum atomic E-state index is 9.40. The number of hydrogen-bond acceptors (Lipinski definition) is 1. The highest BCUT2D eigenvalue weighted by molar-refractivity contribution is 6.34. The van der Waals surface area contributed by atoms with Gasteiger partial charge in [-0.2, -0.15) is 0 Å². The quantitative estimate of drug-likeness (QED) is 0.826. The van der Waals surface area contributed by atoms with Crippen molar-refractivity contribution in [2.45, 2.75) is 25.4 Å². The van der Waals surface area contributed by atoms with Gasteiger partial charge in [-0.1, -0.05) is 23.2 Å². The topological polar surface area (TPSA) is 20.2 Å². The molecule has 1 aliphatic carbocycles. The summed E-state index contributed by atoms with van der Waals surface area (Å²) in [5, 5.41) is 10.7. The van der Waals surface area contributed by atoms with Gasteiger partial charge in [-0.15, -0.1) is 0 Å². The zero-order chi connectivity index (χ0) is 10.3. The van der Waals surface area contributed by atoms with Gasteiger partial charge >= 0.3 is 0 Å². The normalized spacial score (nSPS) is 27.4. The van der Waals surface area contributed by atoms with Gasteiger partial charge in [-0.25, -0.2) is 0 Å². The molecule has 0 spiro atoms. The molecule has 76 valence electrons. The van der Waals surface area contributed by atoms with E-state index in [0.29, 0.717) is 21.9 Å². The summed E-state index contributed by atoms with van der Waals surface area (Å²) < 4.78 is 0. The molecular weight excluding hydrogens is 219 g/mol. The van der Waals surface area contributed by atoms with E-state index >= 15 is 0 Å². The molecule has 0 radical (unpaired) electrons. The first-order chi connectivity index (χ1) is 6.58. The SMILES string of the molecule is C[C@@H](O)[C@H]1C[C@@H]1c1cc(Cl)cc(Cl)c1. The zero-order valence-electron chi connectivity index (χ0n) is 7.87. The van der Waals surface area contributed by atoms with Gasteiger partial charge in [0.2, 0.25) is 0 Å². The number of hydrogen-bond donors (Lipinski definition) is 1. The minimum absolute atomic E-state index is 0.238. The molecule has 0 unspecified atom stereocenters. The van der Waals surface area contributed by atoms with Crippen molar-refractivity contribution in [2.75, 3.05) is 0 Å². The summed E-state index contributed by atoms with van der Waals surface area (Å²) in [4.78, 5) is 0. The minimum Gasteiger partial charge on any atom is -0.393 e. The van der Waals surface area contributed by atoms with Gasteiger partial charge in [0.15, 0.2) is 0 Å². The Morgan fingerprint density at radius 2 is 1.86 bits per heavy atom. The van der Waals surface area contributed by atoms with Gasteiger partial charge in [-0.05, 0) is 48.9 Å². The van der Waals surface area contributed by atoms with Gasteiger partial charge in [0.05, 0.1) is 6.10 Å². The second-order valence-corrected chi connectivity index (χ2v) is 4.82. The van der Waals surface area contributed by atoms with E-state index < -0.39 is 0 Å². The molecule has 1 aromatic rings. The fourth-order valence-electron chi connectivity index (χ4n) is 1.92. The molecule has 1 aliphatic rings. The molecule has 3 heteroatoms. The Kier molecular flexibility index (Phi) is 2.74. The molecule has 0 saturated heterocycles. The molecule has 1 saturated carbocycles. The fourth-order valence-corrected chi connectivity index (χ4v) is 2.46. The third-order valence-corrected chi connectivity index (χ3v) is 3.21. The first-order valence-corrected chi connectivity index (χ1v) is 5.47. The summed E-state index contributed by atoms with van der Waals surface area (Å²) in [6.07, 6.45) is 0.798. The van der Waals surface area contributed by atoms with Crippen LogP contribution in [0.1, 0.15) is 24.8 Å². The number of aliphatic hydroxyl groups is 1. The highest BCUT2D eigenvalue weighted by Crippen LogP contribution is 2.50. The van der Waals surface area contributed by atoms with Crippen molar-refractivity contribution in [3.8, 4) is 0 Å². The van der Waals surface area contributed by atoms with E-state index in [0.717, 1.165) is 12.0 Å². The molecule has 0 amide bonds. The molecule has 1 N–H and O–H groups in total. The molecule has 0 heterocycles. The Hall–Kier alpha value is -0.240. The van der Waals surface area contributed by atoms with E-state index in [1.165, 1.54) is 0 Å². The monoisotopic (exact) mass is 230 g/mol. The molecular formula is C11H12Cl2O.